The van der Waals surface area contributed by atoms with Crippen molar-refractivity contribution in [3.8, 4) is 5.75 Å². The van der Waals surface area contributed by atoms with Crippen molar-refractivity contribution in [2.24, 2.45) is 0 Å². The van der Waals surface area contributed by atoms with Crippen molar-refractivity contribution >= 4 is 46.6 Å². The van der Waals surface area contributed by atoms with Crippen LogP contribution in [-0.4, -0.2) is 9.55 Å². The summed E-state index contributed by atoms with van der Waals surface area (Å²) in [5, 5.41) is 1.46. The van der Waals surface area contributed by atoms with E-state index in [1.165, 1.54) is 16.8 Å². The Balaban J connectivity index is 0.00000240. The Morgan fingerprint density at radius 1 is 0.862 bits per heavy atom. The van der Waals surface area contributed by atoms with Crippen LogP contribution in [0.4, 0.5) is 0 Å². The predicted octanol–water partition coefficient (Wildman–Crippen LogP) is 7.01. The molecule has 0 radical (unpaired) electrons. The van der Waals surface area contributed by atoms with Crippen LogP contribution in [0, 0.1) is 13.8 Å². The third-order valence-corrected chi connectivity index (χ3v) is 5.53. The van der Waals surface area contributed by atoms with Gasteiger partial charge in [0.2, 0.25) is 0 Å². The lowest BCUT2D eigenvalue weighted by molar-refractivity contribution is 0.308. The van der Waals surface area contributed by atoms with Gasteiger partial charge in [-0.1, -0.05) is 47.5 Å². The molecule has 0 aliphatic carbocycles. The normalized spacial score (nSPS) is 10.8. The number of fused-ring (bicyclic) bond motifs is 1. The molecule has 0 unspecified atom stereocenters. The first kappa shape index (κ1) is 21.5. The van der Waals surface area contributed by atoms with E-state index in [0.717, 1.165) is 38.9 Å². The number of hydrogen-bond acceptors (Lipinski definition) is 2. The highest BCUT2D eigenvalue weighted by molar-refractivity contribution is 6.30. The Morgan fingerprint density at radius 2 is 1.45 bits per heavy atom. The minimum absolute atomic E-state index is 0. The lowest BCUT2D eigenvalue weighted by Crippen LogP contribution is -2.04. The van der Waals surface area contributed by atoms with Crippen LogP contribution in [-0.2, 0) is 13.2 Å². The van der Waals surface area contributed by atoms with Crippen LogP contribution in [0.1, 0.15) is 22.4 Å². The van der Waals surface area contributed by atoms with Crippen molar-refractivity contribution in [1.29, 1.82) is 0 Å². The van der Waals surface area contributed by atoms with E-state index in [0.29, 0.717) is 6.61 Å². The van der Waals surface area contributed by atoms with Gasteiger partial charge in [-0.3, -0.25) is 4.98 Å². The number of benzene rings is 2. The van der Waals surface area contributed by atoms with Gasteiger partial charge in [-0.25, -0.2) is 0 Å². The second kappa shape index (κ2) is 9.08. The van der Waals surface area contributed by atoms with Gasteiger partial charge in [0.1, 0.15) is 17.9 Å². The smallest absolute Gasteiger partial charge is 0.147 e. The van der Waals surface area contributed by atoms with Crippen LogP contribution in [0.2, 0.25) is 10.0 Å². The van der Waals surface area contributed by atoms with Crippen molar-refractivity contribution in [3.63, 3.8) is 0 Å². The number of nitrogens with zero attached hydrogens (tertiary/aromatic N) is 2. The number of aromatic nitrogens is 2. The van der Waals surface area contributed by atoms with E-state index >= 15 is 0 Å². The standard InChI is InChI=1S/C23H20Cl2N2O.ClH/c1-15-16(2)27(13-17-3-7-19(24)8-4-17)23-21(11-12-26-22(15)23)28-14-18-5-9-20(25)10-6-18;/h3-12H,13-14H2,1-2H3;1H. The van der Waals surface area contributed by atoms with Crippen LogP contribution in [0.3, 0.4) is 0 Å². The molecule has 0 atom stereocenters. The summed E-state index contributed by atoms with van der Waals surface area (Å²) in [5.41, 5.74) is 6.58. The Kier molecular flexibility index (Phi) is 6.74. The topological polar surface area (TPSA) is 27.1 Å². The Hall–Kier alpha value is -2.20. The van der Waals surface area contributed by atoms with Gasteiger partial charge in [-0.05, 0) is 54.8 Å². The monoisotopic (exact) mass is 446 g/mol. The molecular weight excluding hydrogens is 427 g/mol. The molecule has 0 fully saturated rings. The van der Waals surface area contributed by atoms with E-state index in [4.69, 9.17) is 27.9 Å². The second-order valence-corrected chi connectivity index (χ2v) is 7.72. The highest BCUT2D eigenvalue weighted by Gasteiger charge is 2.17. The first-order chi connectivity index (χ1) is 13.5. The fraction of sp³-hybridized carbons (Fsp3) is 0.174. The van der Waals surface area contributed by atoms with Crippen molar-refractivity contribution in [3.05, 3.63) is 93.2 Å². The summed E-state index contributed by atoms with van der Waals surface area (Å²) in [6.45, 7) is 5.43. The molecule has 4 rings (SSSR count). The van der Waals surface area contributed by atoms with Gasteiger partial charge >= 0.3 is 0 Å². The zero-order chi connectivity index (χ0) is 19.7. The molecule has 150 valence electrons. The van der Waals surface area contributed by atoms with E-state index in [1.807, 2.05) is 54.6 Å². The molecule has 2 heterocycles. The van der Waals surface area contributed by atoms with Gasteiger partial charge in [-0.15, -0.1) is 12.4 Å². The zero-order valence-corrected chi connectivity index (χ0v) is 18.5. The van der Waals surface area contributed by atoms with E-state index < -0.39 is 0 Å². The van der Waals surface area contributed by atoms with Gasteiger partial charge in [0.15, 0.2) is 0 Å². The summed E-state index contributed by atoms with van der Waals surface area (Å²) >= 11 is 12.0. The zero-order valence-electron chi connectivity index (χ0n) is 16.2. The minimum Gasteiger partial charge on any atom is -0.487 e. The first-order valence-corrected chi connectivity index (χ1v) is 9.84. The molecule has 0 aliphatic rings. The van der Waals surface area contributed by atoms with Gasteiger partial charge < -0.3 is 9.30 Å². The molecule has 4 aromatic rings. The summed E-state index contributed by atoms with van der Waals surface area (Å²) in [7, 11) is 0. The van der Waals surface area contributed by atoms with E-state index in [9.17, 15) is 0 Å². The average molecular weight is 448 g/mol. The minimum atomic E-state index is 0. The number of aryl methyl sites for hydroxylation is 1. The van der Waals surface area contributed by atoms with E-state index in [2.05, 4.69) is 23.4 Å². The number of pyridine rings is 1. The van der Waals surface area contributed by atoms with Crippen molar-refractivity contribution in [2.45, 2.75) is 27.0 Å². The maximum Gasteiger partial charge on any atom is 0.147 e. The highest BCUT2D eigenvalue weighted by atomic mass is 35.5. The molecule has 6 heteroatoms. The van der Waals surface area contributed by atoms with Crippen LogP contribution in [0.15, 0.2) is 60.8 Å². The summed E-state index contributed by atoms with van der Waals surface area (Å²) < 4.78 is 8.45. The summed E-state index contributed by atoms with van der Waals surface area (Å²) in [4.78, 5) is 4.61. The second-order valence-electron chi connectivity index (χ2n) is 6.84. The molecule has 0 bridgehead atoms. The molecular formula is C23H21Cl3N2O. The lowest BCUT2D eigenvalue weighted by atomic mass is 10.2. The SMILES string of the molecule is Cc1c(C)n(Cc2ccc(Cl)cc2)c2c(OCc3ccc(Cl)cc3)ccnc12.Cl. The summed E-state index contributed by atoms with van der Waals surface area (Å²) in [5.74, 6) is 0.824. The van der Waals surface area contributed by atoms with Crippen LogP contribution >= 0.6 is 35.6 Å². The maximum atomic E-state index is 6.19. The molecule has 29 heavy (non-hydrogen) atoms. The van der Waals surface area contributed by atoms with E-state index in [-0.39, 0.29) is 12.4 Å². The maximum absolute atomic E-state index is 6.19. The molecule has 0 aliphatic heterocycles. The van der Waals surface area contributed by atoms with Crippen LogP contribution < -0.4 is 4.74 Å². The fourth-order valence-electron chi connectivity index (χ4n) is 3.34. The molecule has 2 aromatic carbocycles. The van der Waals surface area contributed by atoms with Gasteiger partial charge in [0.25, 0.3) is 0 Å². The van der Waals surface area contributed by atoms with Gasteiger partial charge in [0, 0.05) is 34.5 Å². The molecule has 0 spiro atoms. The Labute approximate surface area is 186 Å². The molecule has 0 N–H and O–H groups in total. The molecule has 0 saturated heterocycles. The third kappa shape index (κ3) is 4.53. The summed E-state index contributed by atoms with van der Waals surface area (Å²) in [6, 6.07) is 17.6. The summed E-state index contributed by atoms with van der Waals surface area (Å²) in [6.07, 6.45) is 1.80. The Morgan fingerprint density at radius 3 is 2.07 bits per heavy atom. The fourth-order valence-corrected chi connectivity index (χ4v) is 3.59. The highest BCUT2D eigenvalue weighted by Crippen LogP contribution is 2.32. The van der Waals surface area contributed by atoms with Gasteiger partial charge in [-0.2, -0.15) is 0 Å². The van der Waals surface area contributed by atoms with Crippen molar-refractivity contribution < 1.29 is 4.74 Å². The molecule has 3 nitrogen and oxygen atoms in total. The average Bonchev–Trinajstić information content (AvgIpc) is 2.95. The largest absolute Gasteiger partial charge is 0.487 e. The number of halogens is 3. The Bertz CT molecular complexity index is 1120. The third-order valence-electron chi connectivity index (χ3n) is 5.02. The first-order valence-electron chi connectivity index (χ1n) is 9.09. The predicted molar refractivity (Wildman–Crippen MR) is 123 cm³/mol. The number of hydrogen-bond donors (Lipinski definition) is 0. The van der Waals surface area contributed by atoms with Crippen LogP contribution in [0.5, 0.6) is 5.75 Å². The van der Waals surface area contributed by atoms with Crippen LogP contribution in [0.25, 0.3) is 11.0 Å². The van der Waals surface area contributed by atoms with Crippen molar-refractivity contribution in [1.82, 2.24) is 9.55 Å². The quantitative estimate of drug-likeness (QED) is 0.329. The van der Waals surface area contributed by atoms with Gasteiger partial charge in [0.05, 0.1) is 5.52 Å². The molecule has 0 saturated carbocycles. The number of ether oxygens (including phenoxy) is 1. The number of rotatable bonds is 5. The lowest BCUT2D eigenvalue weighted by Gasteiger charge is -2.13. The van der Waals surface area contributed by atoms with Crippen molar-refractivity contribution in [2.75, 3.05) is 0 Å². The molecule has 2 aromatic heterocycles. The van der Waals surface area contributed by atoms with E-state index in [1.54, 1.807) is 6.20 Å². The molecule has 0 amide bonds.